The summed E-state index contributed by atoms with van der Waals surface area (Å²) >= 11 is 3.18. The average Bonchev–Trinajstić information content (AvgIpc) is 2.41. The van der Waals surface area contributed by atoms with Crippen LogP contribution in [0.25, 0.3) is 0 Å². The molecule has 0 aliphatic rings. The first-order chi connectivity index (χ1) is 9.20. The second kappa shape index (κ2) is 14.0. The fraction of sp³-hybridized carbons (Fsp3) is 0.818. The van der Waals surface area contributed by atoms with Crippen LogP contribution in [0.2, 0.25) is 0 Å². The quantitative estimate of drug-likeness (QED) is 0.301. The van der Waals surface area contributed by atoms with Crippen molar-refractivity contribution < 1.29 is 29.3 Å². The van der Waals surface area contributed by atoms with Gasteiger partial charge in [-0.1, -0.05) is 0 Å². The molecule has 0 amide bonds. The maximum Gasteiger partial charge on any atom is 0.306 e. The molecule has 6 nitrogen and oxygen atoms in total. The minimum atomic E-state index is -0.306. The van der Waals surface area contributed by atoms with Gasteiger partial charge in [-0.25, -0.2) is 0 Å². The van der Waals surface area contributed by atoms with E-state index in [9.17, 15) is 9.59 Å². The van der Waals surface area contributed by atoms with Crippen molar-refractivity contribution in [2.75, 3.05) is 43.0 Å². The number of esters is 2. The maximum atomic E-state index is 11.0. The van der Waals surface area contributed by atoms with Gasteiger partial charge in [0, 0.05) is 16.6 Å². The number of thioether (sulfide) groups is 2. The molecule has 0 unspecified atom stereocenters. The topological polar surface area (TPSA) is 93.1 Å². The summed E-state index contributed by atoms with van der Waals surface area (Å²) in [5, 5.41) is 17.7. The predicted molar refractivity (Wildman–Crippen MR) is 75.1 cm³/mol. The van der Waals surface area contributed by atoms with E-state index >= 15 is 0 Å². The highest BCUT2D eigenvalue weighted by molar-refractivity contribution is 8.15. The molecule has 0 aromatic rings. The van der Waals surface area contributed by atoms with E-state index in [0.717, 1.165) is 5.08 Å². The van der Waals surface area contributed by atoms with Crippen molar-refractivity contribution in [1.82, 2.24) is 0 Å². The van der Waals surface area contributed by atoms with Gasteiger partial charge in [-0.05, 0) is 0 Å². The van der Waals surface area contributed by atoms with Gasteiger partial charge >= 0.3 is 11.9 Å². The molecule has 0 saturated carbocycles. The molecule has 112 valence electrons. The van der Waals surface area contributed by atoms with Crippen LogP contribution in [0, 0.1) is 0 Å². The van der Waals surface area contributed by atoms with Crippen molar-refractivity contribution in [3.05, 3.63) is 0 Å². The number of hydrogen-bond donors (Lipinski definition) is 2. The van der Waals surface area contributed by atoms with Crippen molar-refractivity contribution >= 4 is 35.5 Å². The Morgan fingerprint density at radius 2 is 1.26 bits per heavy atom. The van der Waals surface area contributed by atoms with Gasteiger partial charge in [0.05, 0.1) is 26.1 Å². The Morgan fingerprint density at radius 1 is 0.842 bits per heavy atom. The lowest BCUT2D eigenvalue weighted by Gasteiger charge is -2.04. The number of aliphatic hydroxyl groups excluding tert-OH is 2. The van der Waals surface area contributed by atoms with Gasteiger partial charge in [0.15, 0.2) is 0 Å². The molecule has 0 bridgehead atoms. The molecule has 0 atom stereocenters. The zero-order valence-electron chi connectivity index (χ0n) is 10.7. The summed E-state index contributed by atoms with van der Waals surface area (Å²) in [7, 11) is 0. The van der Waals surface area contributed by atoms with E-state index in [0.29, 0.717) is 24.3 Å². The molecule has 8 heteroatoms. The van der Waals surface area contributed by atoms with Crippen LogP contribution in [-0.4, -0.2) is 65.2 Å². The first-order valence-electron chi connectivity index (χ1n) is 5.89. The molecule has 19 heavy (non-hydrogen) atoms. The number of carbonyl (C=O) groups excluding carboxylic acids is 2. The number of carbonyl (C=O) groups is 2. The molecule has 0 aromatic carbocycles. The summed E-state index contributed by atoms with van der Waals surface area (Å²) in [5.74, 6) is 0.705. The fourth-order valence-corrected chi connectivity index (χ4v) is 2.99. The Hall–Kier alpha value is -0.440. The number of aliphatic hydroxyl groups is 2. The summed E-state index contributed by atoms with van der Waals surface area (Å²) in [5.41, 5.74) is 0. The van der Waals surface area contributed by atoms with E-state index in [1.807, 2.05) is 0 Å². The van der Waals surface area contributed by atoms with E-state index in [-0.39, 0.29) is 38.4 Å². The molecule has 0 fully saturated rings. The standard InChI is InChI=1S/C11H20O6S2/c12-3-5-16-10(14)1-7-18-9-19-8-2-11(15)17-6-4-13/h12-13H,1-9H2. The van der Waals surface area contributed by atoms with Crippen molar-refractivity contribution in [2.24, 2.45) is 0 Å². The van der Waals surface area contributed by atoms with Crippen LogP contribution in [0.5, 0.6) is 0 Å². The van der Waals surface area contributed by atoms with Crippen molar-refractivity contribution in [3.8, 4) is 0 Å². The molecular weight excluding hydrogens is 292 g/mol. The smallest absolute Gasteiger partial charge is 0.306 e. The predicted octanol–water partition coefficient (Wildman–Crippen LogP) is 0.261. The second-order valence-corrected chi connectivity index (χ2v) is 5.90. The zero-order valence-corrected chi connectivity index (χ0v) is 12.3. The molecule has 0 spiro atoms. The third kappa shape index (κ3) is 13.8. The Labute approximate surface area is 121 Å². The first-order valence-corrected chi connectivity index (χ1v) is 8.20. The number of hydrogen-bond acceptors (Lipinski definition) is 8. The highest BCUT2D eigenvalue weighted by atomic mass is 32.2. The van der Waals surface area contributed by atoms with E-state index in [1.54, 1.807) is 23.5 Å². The van der Waals surface area contributed by atoms with Gasteiger partial charge < -0.3 is 19.7 Å². The average molecular weight is 312 g/mol. The molecular formula is C11H20O6S2. The minimum Gasteiger partial charge on any atom is -0.463 e. The van der Waals surface area contributed by atoms with Crippen molar-refractivity contribution in [1.29, 1.82) is 0 Å². The summed E-state index contributed by atoms with van der Waals surface area (Å²) < 4.78 is 9.39. The summed E-state index contributed by atoms with van der Waals surface area (Å²) in [6.07, 6.45) is 0.646. The molecule has 0 aromatic heterocycles. The van der Waals surface area contributed by atoms with Gasteiger partial charge in [0.25, 0.3) is 0 Å². The lowest BCUT2D eigenvalue weighted by Crippen LogP contribution is -2.09. The van der Waals surface area contributed by atoms with E-state index in [2.05, 4.69) is 0 Å². The fourth-order valence-electron chi connectivity index (χ4n) is 0.951. The zero-order chi connectivity index (χ0) is 14.3. The SMILES string of the molecule is O=C(CCSCSCCC(=O)OCCO)OCCO. The van der Waals surface area contributed by atoms with Crippen LogP contribution in [0.3, 0.4) is 0 Å². The third-order valence-corrected chi connectivity index (χ3v) is 4.10. The molecule has 0 radical (unpaired) electrons. The Bertz CT molecular complexity index is 225. The Morgan fingerprint density at radius 3 is 1.63 bits per heavy atom. The van der Waals surface area contributed by atoms with Crippen LogP contribution in [0.4, 0.5) is 0 Å². The lowest BCUT2D eigenvalue weighted by molar-refractivity contribution is -0.144. The number of rotatable bonds is 12. The highest BCUT2D eigenvalue weighted by Gasteiger charge is 2.04. The summed E-state index contributed by atoms with van der Waals surface area (Å²) in [6, 6.07) is 0. The Balaban J connectivity index is 3.22. The largest absolute Gasteiger partial charge is 0.463 e. The maximum absolute atomic E-state index is 11.0. The van der Waals surface area contributed by atoms with Crippen LogP contribution < -0.4 is 0 Å². The number of ether oxygens (including phenoxy) is 2. The highest BCUT2D eigenvalue weighted by Crippen LogP contribution is 2.14. The van der Waals surface area contributed by atoms with Crippen LogP contribution in [0.15, 0.2) is 0 Å². The summed E-state index contributed by atoms with van der Waals surface area (Å²) in [4.78, 5) is 22.1. The second-order valence-electron chi connectivity index (χ2n) is 3.32. The van der Waals surface area contributed by atoms with Gasteiger partial charge in [0.2, 0.25) is 0 Å². The van der Waals surface area contributed by atoms with Crippen LogP contribution in [-0.2, 0) is 19.1 Å². The Kier molecular flexibility index (Phi) is 13.7. The van der Waals surface area contributed by atoms with E-state index < -0.39 is 0 Å². The molecule has 0 heterocycles. The third-order valence-electron chi connectivity index (χ3n) is 1.78. The summed E-state index contributed by atoms with van der Waals surface area (Å²) in [6.45, 7) is -0.204. The van der Waals surface area contributed by atoms with E-state index in [1.165, 1.54) is 0 Å². The molecule has 2 N–H and O–H groups in total. The lowest BCUT2D eigenvalue weighted by atomic mass is 10.5. The molecule has 0 rings (SSSR count). The van der Waals surface area contributed by atoms with Gasteiger partial charge in [-0.3, -0.25) is 9.59 Å². The van der Waals surface area contributed by atoms with Crippen LogP contribution >= 0.6 is 23.5 Å². The van der Waals surface area contributed by atoms with E-state index in [4.69, 9.17) is 19.7 Å². The monoisotopic (exact) mass is 312 g/mol. The van der Waals surface area contributed by atoms with Crippen molar-refractivity contribution in [2.45, 2.75) is 12.8 Å². The van der Waals surface area contributed by atoms with Gasteiger partial charge in [-0.15, -0.1) is 0 Å². The molecule has 0 aliphatic heterocycles. The van der Waals surface area contributed by atoms with Crippen molar-refractivity contribution in [3.63, 3.8) is 0 Å². The minimum absolute atomic E-state index is 0.0498. The van der Waals surface area contributed by atoms with Crippen LogP contribution in [0.1, 0.15) is 12.8 Å². The normalized spacial score (nSPS) is 10.2. The van der Waals surface area contributed by atoms with Gasteiger partial charge in [-0.2, -0.15) is 23.5 Å². The molecule has 0 saturated heterocycles. The molecule has 0 aliphatic carbocycles. The first kappa shape index (κ1) is 18.6. The van der Waals surface area contributed by atoms with Gasteiger partial charge in [0.1, 0.15) is 13.2 Å².